The van der Waals surface area contributed by atoms with Crippen LogP contribution in [0.25, 0.3) is 0 Å². The van der Waals surface area contributed by atoms with Crippen LogP contribution < -0.4 is 0 Å². The van der Waals surface area contributed by atoms with Crippen molar-refractivity contribution in [1.82, 2.24) is 14.8 Å². The fraction of sp³-hybridized carbons (Fsp3) is 0.400. The number of amides is 1. The second-order valence-electron chi connectivity index (χ2n) is 6.80. The number of nitrogens with zero attached hydrogens (tertiary/aromatic N) is 3. The molecule has 25 heavy (non-hydrogen) atoms. The Bertz CT molecular complexity index is 707. The van der Waals surface area contributed by atoms with E-state index in [4.69, 9.17) is 4.74 Å². The third-order valence-corrected chi connectivity index (χ3v) is 5.10. The molecule has 0 radical (unpaired) electrons. The molecule has 2 atom stereocenters. The number of piperazine rings is 1. The molecule has 2 aliphatic rings. The minimum atomic E-state index is 0.0846. The molecule has 5 nitrogen and oxygen atoms in total. The van der Waals surface area contributed by atoms with Crippen molar-refractivity contribution in [3.63, 3.8) is 0 Å². The number of carbonyl (C=O) groups excluding carboxylic acids is 1. The second kappa shape index (κ2) is 7.33. The van der Waals surface area contributed by atoms with Crippen LogP contribution in [0.5, 0.6) is 0 Å². The van der Waals surface area contributed by atoms with Crippen molar-refractivity contribution in [2.75, 3.05) is 26.2 Å². The van der Waals surface area contributed by atoms with E-state index in [-0.39, 0.29) is 12.0 Å². The van der Waals surface area contributed by atoms with Gasteiger partial charge in [-0.1, -0.05) is 30.3 Å². The second-order valence-corrected chi connectivity index (χ2v) is 6.80. The van der Waals surface area contributed by atoms with Crippen LogP contribution in [0.4, 0.5) is 0 Å². The van der Waals surface area contributed by atoms with E-state index in [2.05, 4.69) is 22.0 Å². The number of ether oxygens (including phenoxy) is 1. The normalized spacial score (nSPS) is 23.4. The molecule has 4 rings (SSSR count). The molecule has 1 amide bonds. The predicted molar refractivity (Wildman–Crippen MR) is 95.1 cm³/mol. The van der Waals surface area contributed by atoms with E-state index < -0.39 is 0 Å². The first-order chi connectivity index (χ1) is 12.3. The SMILES string of the molecule is O=C(c1cccnc1)N1CCN2C[C@H](OCc3ccccc3)C[C@H]2C1. The zero-order valence-corrected chi connectivity index (χ0v) is 14.3. The van der Waals surface area contributed by atoms with Crippen LogP contribution >= 0.6 is 0 Å². The fourth-order valence-corrected chi connectivity index (χ4v) is 3.76. The Hall–Kier alpha value is -2.24. The molecule has 0 bridgehead atoms. The van der Waals surface area contributed by atoms with E-state index in [1.807, 2.05) is 35.2 Å². The van der Waals surface area contributed by atoms with Crippen molar-refractivity contribution in [3.05, 3.63) is 66.0 Å². The number of pyridine rings is 1. The first-order valence-corrected chi connectivity index (χ1v) is 8.88. The molecule has 3 heterocycles. The highest BCUT2D eigenvalue weighted by Gasteiger charge is 2.38. The Balaban J connectivity index is 1.32. The van der Waals surface area contributed by atoms with Crippen molar-refractivity contribution in [3.8, 4) is 0 Å². The minimum Gasteiger partial charge on any atom is -0.372 e. The molecule has 2 aliphatic heterocycles. The van der Waals surface area contributed by atoms with Gasteiger partial charge in [-0.05, 0) is 24.1 Å². The molecule has 0 unspecified atom stereocenters. The zero-order valence-electron chi connectivity index (χ0n) is 14.3. The summed E-state index contributed by atoms with van der Waals surface area (Å²) in [6.45, 7) is 4.09. The summed E-state index contributed by atoms with van der Waals surface area (Å²) in [5.41, 5.74) is 1.88. The van der Waals surface area contributed by atoms with E-state index >= 15 is 0 Å². The van der Waals surface area contributed by atoms with E-state index in [1.54, 1.807) is 12.4 Å². The van der Waals surface area contributed by atoms with Crippen LogP contribution in [0.15, 0.2) is 54.9 Å². The Kier molecular flexibility index (Phi) is 4.76. The Morgan fingerprint density at radius 2 is 2.00 bits per heavy atom. The standard InChI is InChI=1S/C20H23N3O2/c24-20(17-7-4-8-21-12-17)23-10-9-22-14-19(11-18(22)13-23)25-15-16-5-2-1-3-6-16/h1-8,12,18-19H,9-11,13-15H2/t18-,19+/m0/s1. The van der Waals surface area contributed by atoms with Crippen LogP contribution in [-0.2, 0) is 11.3 Å². The quantitative estimate of drug-likeness (QED) is 0.858. The van der Waals surface area contributed by atoms with Gasteiger partial charge < -0.3 is 9.64 Å². The third kappa shape index (κ3) is 3.72. The first kappa shape index (κ1) is 16.2. The minimum absolute atomic E-state index is 0.0846. The number of rotatable bonds is 4. The lowest BCUT2D eigenvalue weighted by Crippen LogP contribution is -2.52. The maximum atomic E-state index is 12.6. The van der Waals surface area contributed by atoms with Crippen molar-refractivity contribution in [2.45, 2.75) is 25.2 Å². The molecule has 130 valence electrons. The maximum Gasteiger partial charge on any atom is 0.255 e. The topological polar surface area (TPSA) is 45.7 Å². The van der Waals surface area contributed by atoms with Crippen LogP contribution in [0.1, 0.15) is 22.3 Å². The Labute approximate surface area is 148 Å². The number of hydrogen-bond donors (Lipinski definition) is 0. The summed E-state index contributed by atoms with van der Waals surface area (Å²) in [5.74, 6) is 0.0846. The van der Waals surface area contributed by atoms with Gasteiger partial charge in [0.15, 0.2) is 0 Å². The molecule has 0 saturated carbocycles. The number of hydrogen-bond acceptors (Lipinski definition) is 4. The van der Waals surface area contributed by atoms with Gasteiger partial charge in [0.1, 0.15) is 0 Å². The highest BCUT2D eigenvalue weighted by Crippen LogP contribution is 2.25. The summed E-state index contributed by atoms with van der Waals surface area (Å²) in [6, 6.07) is 14.3. The van der Waals surface area contributed by atoms with Gasteiger partial charge in [0.05, 0.1) is 18.3 Å². The average molecular weight is 337 g/mol. The lowest BCUT2D eigenvalue weighted by molar-refractivity contribution is 0.0451. The van der Waals surface area contributed by atoms with Crippen molar-refractivity contribution in [2.24, 2.45) is 0 Å². The number of carbonyl (C=O) groups is 1. The lowest BCUT2D eigenvalue weighted by atomic mass is 10.1. The predicted octanol–water partition coefficient (Wildman–Crippen LogP) is 2.20. The molecule has 0 N–H and O–H groups in total. The highest BCUT2D eigenvalue weighted by molar-refractivity contribution is 5.94. The molecule has 5 heteroatoms. The molecular formula is C20H23N3O2. The highest BCUT2D eigenvalue weighted by atomic mass is 16.5. The largest absolute Gasteiger partial charge is 0.372 e. The number of fused-ring (bicyclic) bond motifs is 1. The van der Waals surface area contributed by atoms with Crippen LogP contribution in [0.2, 0.25) is 0 Å². The smallest absolute Gasteiger partial charge is 0.255 e. The summed E-state index contributed by atoms with van der Waals surface area (Å²) in [7, 11) is 0. The Morgan fingerprint density at radius 1 is 1.12 bits per heavy atom. The third-order valence-electron chi connectivity index (χ3n) is 5.10. The number of benzene rings is 1. The van der Waals surface area contributed by atoms with E-state index in [1.165, 1.54) is 5.56 Å². The van der Waals surface area contributed by atoms with Crippen molar-refractivity contribution in [1.29, 1.82) is 0 Å². The maximum absolute atomic E-state index is 12.6. The number of aromatic nitrogens is 1. The van der Waals surface area contributed by atoms with Gasteiger partial charge in [0, 0.05) is 44.6 Å². The summed E-state index contributed by atoms with van der Waals surface area (Å²) in [4.78, 5) is 21.1. The van der Waals surface area contributed by atoms with E-state index in [9.17, 15) is 4.79 Å². The molecular weight excluding hydrogens is 314 g/mol. The molecule has 0 spiro atoms. The molecule has 0 aliphatic carbocycles. The first-order valence-electron chi connectivity index (χ1n) is 8.88. The molecule has 1 aromatic carbocycles. The Morgan fingerprint density at radius 3 is 2.80 bits per heavy atom. The van der Waals surface area contributed by atoms with Gasteiger partial charge in [-0.2, -0.15) is 0 Å². The summed E-state index contributed by atoms with van der Waals surface area (Å²) in [5, 5.41) is 0. The molecule has 1 aromatic heterocycles. The molecule has 2 aromatic rings. The monoisotopic (exact) mass is 337 g/mol. The van der Waals surface area contributed by atoms with Crippen LogP contribution in [-0.4, -0.2) is 59.0 Å². The zero-order chi connectivity index (χ0) is 17.1. The summed E-state index contributed by atoms with van der Waals surface area (Å²) < 4.78 is 6.11. The van der Waals surface area contributed by atoms with E-state index in [0.717, 1.165) is 32.6 Å². The fourth-order valence-electron chi connectivity index (χ4n) is 3.76. The summed E-state index contributed by atoms with van der Waals surface area (Å²) >= 11 is 0. The van der Waals surface area contributed by atoms with Gasteiger partial charge in [0.2, 0.25) is 0 Å². The van der Waals surface area contributed by atoms with Gasteiger partial charge in [0.25, 0.3) is 5.91 Å². The van der Waals surface area contributed by atoms with Crippen molar-refractivity contribution >= 4 is 5.91 Å². The van der Waals surface area contributed by atoms with Crippen molar-refractivity contribution < 1.29 is 9.53 Å². The van der Waals surface area contributed by atoms with Crippen LogP contribution in [0.3, 0.4) is 0 Å². The van der Waals surface area contributed by atoms with Crippen LogP contribution in [0, 0.1) is 0 Å². The van der Waals surface area contributed by atoms with Gasteiger partial charge in [-0.3, -0.25) is 14.7 Å². The lowest BCUT2D eigenvalue weighted by Gasteiger charge is -2.37. The summed E-state index contributed by atoms with van der Waals surface area (Å²) in [6.07, 6.45) is 4.58. The molecule has 2 saturated heterocycles. The van der Waals surface area contributed by atoms with Gasteiger partial charge in [-0.15, -0.1) is 0 Å². The van der Waals surface area contributed by atoms with E-state index in [0.29, 0.717) is 18.2 Å². The molecule has 2 fully saturated rings. The van der Waals surface area contributed by atoms with Gasteiger partial charge in [-0.25, -0.2) is 0 Å². The average Bonchev–Trinajstić information content (AvgIpc) is 3.09. The van der Waals surface area contributed by atoms with Gasteiger partial charge >= 0.3 is 0 Å².